The van der Waals surface area contributed by atoms with Crippen molar-refractivity contribution in [2.24, 2.45) is 0 Å². The molecule has 0 radical (unpaired) electrons. The maximum Gasteiger partial charge on any atom is 0.501 e. The van der Waals surface area contributed by atoms with Gasteiger partial charge in [-0.3, -0.25) is 5.10 Å². The summed E-state index contributed by atoms with van der Waals surface area (Å²) in [6, 6.07) is 1.64. The van der Waals surface area contributed by atoms with E-state index < -0.39 is 44.3 Å². The normalized spacial score (nSPS) is 19.6. The largest absolute Gasteiger partial charge is 0.501 e. The number of hydrogen-bond acceptors (Lipinski definition) is 4. The smallest absolute Gasteiger partial charge is 0.382 e. The molecule has 0 saturated carbocycles. The molecule has 26 heavy (non-hydrogen) atoms. The van der Waals surface area contributed by atoms with Gasteiger partial charge in [0.05, 0.1) is 10.6 Å². The third kappa shape index (κ3) is 2.52. The molecule has 2 N–H and O–H groups in total. The van der Waals surface area contributed by atoms with Crippen molar-refractivity contribution in [3.8, 4) is 11.1 Å². The van der Waals surface area contributed by atoms with E-state index >= 15 is 0 Å². The van der Waals surface area contributed by atoms with Gasteiger partial charge in [0.15, 0.2) is 0 Å². The molecule has 1 aromatic heterocycles. The number of aromatic nitrogens is 2. The lowest BCUT2D eigenvalue weighted by Gasteiger charge is -2.17. The van der Waals surface area contributed by atoms with Crippen LogP contribution in [0.2, 0.25) is 0 Å². The second-order valence-corrected chi connectivity index (χ2v) is 8.01. The zero-order valence-electron chi connectivity index (χ0n) is 13.4. The van der Waals surface area contributed by atoms with Crippen LogP contribution in [0, 0.1) is 13.8 Å². The number of alkyl halides is 5. The molecule has 0 aliphatic heterocycles. The summed E-state index contributed by atoms with van der Waals surface area (Å²) in [5.41, 5.74) is -5.56. The van der Waals surface area contributed by atoms with Crippen LogP contribution in [-0.2, 0) is 16.3 Å². The van der Waals surface area contributed by atoms with Crippen LogP contribution in [0.5, 0.6) is 0 Å². The lowest BCUT2D eigenvalue weighted by atomic mass is 9.95. The van der Waals surface area contributed by atoms with Crippen LogP contribution < -0.4 is 0 Å². The van der Waals surface area contributed by atoms with E-state index in [-0.39, 0.29) is 12.6 Å². The Bertz CT molecular complexity index is 982. The average Bonchev–Trinajstić information content (AvgIpc) is 2.95. The Morgan fingerprint density at radius 2 is 1.92 bits per heavy atom. The zero-order chi connectivity index (χ0) is 19.7. The maximum absolute atomic E-state index is 14.1. The quantitative estimate of drug-likeness (QED) is 0.759. The Morgan fingerprint density at radius 1 is 1.31 bits per heavy atom. The molecule has 0 saturated heterocycles. The van der Waals surface area contributed by atoms with Crippen molar-refractivity contribution in [2.75, 3.05) is 0 Å². The summed E-state index contributed by atoms with van der Waals surface area (Å²) in [5.74, 6) is -3.79. The minimum absolute atomic E-state index is 0. The molecule has 2 aromatic rings. The summed E-state index contributed by atoms with van der Waals surface area (Å²) in [5, 5.41) is 16.4. The van der Waals surface area contributed by atoms with E-state index in [1.807, 2.05) is 0 Å². The van der Waals surface area contributed by atoms with Crippen LogP contribution in [0.15, 0.2) is 17.0 Å². The molecule has 3 rings (SSSR count). The molecule has 144 valence electrons. The highest BCUT2D eigenvalue weighted by Gasteiger charge is 2.54. The summed E-state index contributed by atoms with van der Waals surface area (Å²) in [7, 11) is -5.91. The van der Waals surface area contributed by atoms with Gasteiger partial charge in [-0.15, -0.1) is 0 Å². The van der Waals surface area contributed by atoms with Crippen molar-refractivity contribution in [1.82, 2.24) is 10.2 Å². The summed E-state index contributed by atoms with van der Waals surface area (Å²) in [6.07, 6.45) is -3.73. The third-order valence-corrected chi connectivity index (χ3v) is 5.94. The van der Waals surface area contributed by atoms with Gasteiger partial charge in [-0.05, 0) is 31.0 Å². The monoisotopic (exact) mass is 398 g/mol. The van der Waals surface area contributed by atoms with Crippen LogP contribution in [-0.4, -0.2) is 35.2 Å². The van der Waals surface area contributed by atoms with Gasteiger partial charge >= 0.3 is 5.51 Å². The molecule has 0 amide bonds. The second-order valence-electron chi connectivity index (χ2n) is 6.10. The number of H-pyrrole nitrogens is 1. The first-order valence-corrected chi connectivity index (χ1v) is 8.82. The van der Waals surface area contributed by atoms with Gasteiger partial charge in [-0.1, -0.05) is 6.07 Å². The highest BCUT2D eigenvalue weighted by molar-refractivity contribution is 7.92. The van der Waals surface area contributed by atoms with Crippen LogP contribution in [0.1, 0.15) is 30.0 Å². The standard InChI is InChI=1S/C15H13F5N2O3S.H2/c1-6-11(7(2)22-21-6)8-3-4-10(26(24,25)15(18,19)20)12-9(8)5-14(16,17)13(12)23;/h3-4,13,23H,5H2,1-2H3,(H,21,22);1H/t13-;/m0./s1. The Labute approximate surface area is 146 Å². The van der Waals surface area contributed by atoms with E-state index in [4.69, 9.17) is 0 Å². The number of hydrogen-bond donors (Lipinski definition) is 2. The summed E-state index contributed by atoms with van der Waals surface area (Å²) in [6.45, 7) is 3.15. The molecular formula is C15H15F5N2O3S. The summed E-state index contributed by atoms with van der Waals surface area (Å²) in [4.78, 5) is -1.35. The molecule has 11 heteroatoms. The Morgan fingerprint density at radius 3 is 2.42 bits per heavy atom. The summed E-state index contributed by atoms with van der Waals surface area (Å²) < 4.78 is 90.6. The number of sulfone groups is 1. The molecule has 1 aliphatic rings. The van der Waals surface area contributed by atoms with Gasteiger partial charge in [0.2, 0.25) is 0 Å². The number of rotatable bonds is 2. The van der Waals surface area contributed by atoms with E-state index in [1.54, 1.807) is 13.8 Å². The second kappa shape index (κ2) is 5.49. The van der Waals surface area contributed by atoms with E-state index in [0.717, 1.165) is 6.07 Å². The third-order valence-electron chi connectivity index (χ3n) is 4.39. The van der Waals surface area contributed by atoms with Crippen molar-refractivity contribution >= 4 is 9.84 Å². The molecule has 0 bridgehead atoms. The number of fused-ring (bicyclic) bond motifs is 1. The topological polar surface area (TPSA) is 83.0 Å². The average molecular weight is 398 g/mol. The Hall–Kier alpha value is -2.01. The molecular weight excluding hydrogens is 383 g/mol. The van der Waals surface area contributed by atoms with E-state index in [0.29, 0.717) is 23.0 Å². The van der Waals surface area contributed by atoms with Crippen molar-refractivity contribution in [2.45, 2.75) is 42.7 Å². The number of aliphatic hydroxyl groups is 1. The number of nitrogens with one attached hydrogen (secondary N) is 1. The van der Waals surface area contributed by atoms with Crippen molar-refractivity contribution in [3.05, 3.63) is 34.6 Å². The molecule has 5 nitrogen and oxygen atoms in total. The number of benzene rings is 1. The molecule has 0 unspecified atom stereocenters. The van der Waals surface area contributed by atoms with Crippen molar-refractivity contribution < 1.29 is 36.9 Å². The van der Waals surface area contributed by atoms with Gasteiger partial charge in [0.1, 0.15) is 6.10 Å². The lowest BCUT2D eigenvalue weighted by Crippen LogP contribution is -2.26. The highest BCUT2D eigenvalue weighted by Crippen LogP contribution is 2.50. The van der Waals surface area contributed by atoms with Gasteiger partial charge in [0.25, 0.3) is 15.8 Å². The predicted octanol–water partition coefficient (Wildman–Crippen LogP) is 3.46. The fraction of sp³-hybridized carbons (Fsp3) is 0.400. The van der Waals surface area contributed by atoms with Crippen molar-refractivity contribution in [1.29, 1.82) is 0 Å². The molecule has 1 aliphatic carbocycles. The number of aromatic amines is 1. The number of halogens is 5. The van der Waals surface area contributed by atoms with Crippen LogP contribution in [0.25, 0.3) is 11.1 Å². The number of aliphatic hydroxyl groups excluding tert-OH is 1. The number of aryl methyl sites for hydroxylation is 2. The van der Waals surface area contributed by atoms with Gasteiger partial charge < -0.3 is 5.11 Å². The maximum atomic E-state index is 14.1. The van der Waals surface area contributed by atoms with E-state index in [9.17, 15) is 35.5 Å². The SMILES string of the molecule is Cc1n[nH]c(C)c1-c1ccc(S(=O)(=O)C(F)(F)F)c2c1CC(F)(F)[C@H]2O.[HH]. The van der Waals surface area contributed by atoms with Gasteiger partial charge in [0, 0.05) is 24.7 Å². The predicted molar refractivity (Wildman–Crippen MR) is 82.5 cm³/mol. The molecule has 1 atom stereocenters. The molecule has 1 aromatic carbocycles. The zero-order valence-corrected chi connectivity index (χ0v) is 14.3. The molecule has 0 fully saturated rings. The fourth-order valence-electron chi connectivity index (χ4n) is 3.22. The van der Waals surface area contributed by atoms with E-state index in [1.165, 1.54) is 0 Å². The van der Waals surface area contributed by atoms with E-state index in [2.05, 4.69) is 10.2 Å². The number of nitrogens with zero attached hydrogens (tertiary/aromatic N) is 1. The first kappa shape index (κ1) is 18.8. The first-order chi connectivity index (χ1) is 11.8. The molecule has 0 spiro atoms. The lowest BCUT2D eigenvalue weighted by molar-refractivity contribution is -0.0977. The first-order valence-electron chi connectivity index (χ1n) is 7.34. The fourth-order valence-corrected chi connectivity index (χ4v) is 4.24. The Kier molecular flexibility index (Phi) is 3.97. The van der Waals surface area contributed by atoms with Gasteiger partial charge in [-0.2, -0.15) is 18.3 Å². The summed E-state index contributed by atoms with van der Waals surface area (Å²) >= 11 is 0. The van der Waals surface area contributed by atoms with Gasteiger partial charge in [-0.25, -0.2) is 17.2 Å². The van der Waals surface area contributed by atoms with Crippen LogP contribution in [0.3, 0.4) is 0 Å². The van der Waals surface area contributed by atoms with Crippen molar-refractivity contribution in [3.63, 3.8) is 0 Å². The minimum atomic E-state index is -5.91. The Balaban J connectivity index is 0.00000261. The van der Waals surface area contributed by atoms with Crippen LogP contribution in [0.4, 0.5) is 22.0 Å². The molecule has 1 heterocycles. The van der Waals surface area contributed by atoms with Crippen LogP contribution >= 0.6 is 0 Å². The highest BCUT2D eigenvalue weighted by atomic mass is 32.2. The minimum Gasteiger partial charge on any atom is -0.382 e.